The molecule has 0 spiro atoms. The molecule has 4 nitrogen and oxygen atoms in total. The van der Waals surface area contributed by atoms with Crippen LogP contribution in [0.2, 0.25) is 0 Å². The molecule has 1 aliphatic rings. The van der Waals surface area contributed by atoms with Crippen LogP contribution in [0.25, 0.3) is 11.0 Å². The number of carbonyl (C=O) groups excluding carboxylic acids is 1. The molecule has 0 atom stereocenters. The Morgan fingerprint density at radius 2 is 2.25 bits per heavy atom. The van der Waals surface area contributed by atoms with Gasteiger partial charge in [0, 0.05) is 19.5 Å². The fourth-order valence-electron chi connectivity index (χ4n) is 2.67. The molecule has 0 radical (unpaired) electrons. The molecule has 0 unspecified atom stereocenters. The predicted molar refractivity (Wildman–Crippen MR) is 79.5 cm³/mol. The number of imidazole rings is 1. The minimum absolute atomic E-state index is 0.228. The minimum Gasteiger partial charge on any atom is -0.356 e. The molecule has 0 saturated heterocycles. The molecule has 1 aromatic heterocycles. The summed E-state index contributed by atoms with van der Waals surface area (Å²) in [6.07, 6.45) is 4.19. The van der Waals surface area contributed by atoms with Crippen LogP contribution in [0.1, 0.15) is 30.7 Å². The van der Waals surface area contributed by atoms with Crippen molar-refractivity contribution in [3.05, 3.63) is 29.6 Å². The number of fused-ring (bicyclic) bond motifs is 1. The molecule has 1 saturated carbocycles. The van der Waals surface area contributed by atoms with E-state index in [1.165, 1.54) is 12.0 Å². The van der Waals surface area contributed by atoms with Gasteiger partial charge in [0.25, 0.3) is 0 Å². The third-order valence-corrected chi connectivity index (χ3v) is 4.36. The van der Waals surface area contributed by atoms with Gasteiger partial charge in [0.1, 0.15) is 5.82 Å². The fraction of sp³-hybridized carbons (Fsp3) is 0.500. The summed E-state index contributed by atoms with van der Waals surface area (Å²) < 4.78 is 2.09. The van der Waals surface area contributed by atoms with E-state index in [0.29, 0.717) is 6.54 Å². The number of nitrogens with zero attached hydrogens (tertiary/aromatic N) is 2. The van der Waals surface area contributed by atoms with Crippen LogP contribution in [0.5, 0.6) is 0 Å². The second-order valence-corrected chi connectivity index (χ2v) is 5.71. The zero-order chi connectivity index (χ0) is 14.1. The summed E-state index contributed by atoms with van der Waals surface area (Å²) in [7, 11) is 2.03. The van der Waals surface area contributed by atoms with Crippen molar-refractivity contribution in [1.82, 2.24) is 14.9 Å². The highest BCUT2D eigenvalue weighted by Crippen LogP contribution is 2.26. The Hall–Kier alpha value is -1.84. The molecule has 1 N–H and O–H groups in total. The summed E-state index contributed by atoms with van der Waals surface area (Å²) in [5, 5.41) is 3.03. The van der Waals surface area contributed by atoms with Gasteiger partial charge in [-0.3, -0.25) is 4.79 Å². The van der Waals surface area contributed by atoms with Gasteiger partial charge in [-0.25, -0.2) is 4.98 Å². The average Bonchev–Trinajstić information content (AvgIpc) is 2.62. The highest BCUT2D eigenvalue weighted by molar-refractivity contribution is 5.79. The maximum atomic E-state index is 11.7. The summed E-state index contributed by atoms with van der Waals surface area (Å²) >= 11 is 0. The second kappa shape index (κ2) is 5.27. The lowest BCUT2D eigenvalue weighted by Crippen LogP contribution is -2.35. The predicted octanol–water partition coefficient (Wildman–Crippen LogP) is 2.34. The van der Waals surface area contributed by atoms with Gasteiger partial charge in [-0.05, 0) is 43.9 Å². The minimum atomic E-state index is 0.228. The van der Waals surface area contributed by atoms with Gasteiger partial charge in [-0.2, -0.15) is 0 Å². The normalized spacial score (nSPS) is 15.3. The van der Waals surface area contributed by atoms with Gasteiger partial charge in [-0.15, -0.1) is 0 Å². The lowest BCUT2D eigenvalue weighted by atomic mass is 9.85. The summed E-state index contributed by atoms with van der Waals surface area (Å²) in [5.41, 5.74) is 3.42. The monoisotopic (exact) mass is 271 g/mol. The van der Waals surface area contributed by atoms with E-state index in [-0.39, 0.29) is 11.8 Å². The molecule has 1 aliphatic carbocycles. The number of amides is 1. The molecule has 1 amide bonds. The van der Waals surface area contributed by atoms with Gasteiger partial charge in [-0.1, -0.05) is 12.5 Å². The van der Waals surface area contributed by atoms with Gasteiger partial charge < -0.3 is 9.88 Å². The standard InChI is InChI=1S/C16H21N3O/c1-11-18-14-10-12(6-7-15(14)19(11)2)8-9-17-16(20)13-4-3-5-13/h6-7,10,13H,3-5,8-9H2,1-2H3,(H,17,20). The summed E-state index contributed by atoms with van der Waals surface area (Å²) in [4.78, 5) is 16.3. The first-order chi connectivity index (χ1) is 9.65. The van der Waals surface area contributed by atoms with E-state index in [4.69, 9.17) is 0 Å². The van der Waals surface area contributed by atoms with E-state index >= 15 is 0 Å². The molecular formula is C16H21N3O. The molecule has 1 aromatic carbocycles. The van der Waals surface area contributed by atoms with Crippen molar-refractivity contribution in [2.45, 2.75) is 32.6 Å². The third kappa shape index (κ3) is 2.42. The Morgan fingerprint density at radius 3 is 2.95 bits per heavy atom. The summed E-state index contributed by atoms with van der Waals surface area (Å²) in [6, 6.07) is 6.36. The van der Waals surface area contributed by atoms with Gasteiger partial charge >= 0.3 is 0 Å². The van der Waals surface area contributed by atoms with Crippen LogP contribution in [0.3, 0.4) is 0 Å². The molecule has 4 heteroatoms. The lowest BCUT2D eigenvalue weighted by Gasteiger charge is -2.24. The van der Waals surface area contributed by atoms with Crippen LogP contribution in [-0.2, 0) is 18.3 Å². The third-order valence-electron chi connectivity index (χ3n) is 4.36. The number of nitrogens with one attached hydrogen (secondary N) is 1. The summed E-state index contributed by atoms with van der Waals surface area (Å²) in [6.45, 7) is 2.73. The maximum absolute atomic E-state index is 11.7. The van der Waals surface area contributed by atoms with E-state index in [0.717, 1.165) is 36.1 Å². The van der Waals surface area contributed by atoms with E-state index < -0.39 is 0 Å². The number of aromatic nitrogens is 2. The Labute approximate surface area is 119 Å². The van der Waals surface area contributed by atoms with Gasteiger partial charge in [0.15, 0.2) is 0 Å². The second-order valence-electron chi connectivity index (χ2n) is 5.71. The molecule has 1 fully saturated rings. The number of rotatable bonds is 4. The molecule has 0 bridgehead atoms. The van der Waals surface area contributed by atoms with Crippen molar-refractivity contribution < 1.29 is 4.79 Å². The first-order valence-electron chi connectivity index (χ1n) is 7.35. The van der Waals surface area contributed by atoms with Crippen molar-refractivity contribution in [3.8, 4) is 0 Å². The average molecular weight is 271 g/mol. The quantitative estimate of drug-likeness (QED) is 0.927. The van der Waals surface area contributed by atoms with Crippen LogP contribution in [0.15, 0.2) is 18.2 Å². The van der Waals surface area contributed by atoms with Crippen molar-refractivity contribution >= 4 is 16.9 Å². The number of aryl methyl sites for hydroxylation is 2. The zero-order valence-electron chi connectivity index (χ0n) is 12.1. The molecular weight excluding hydrogens is 250 g/mol. The molecule has 0 aliphatic heterocycles. The van der Waals surface area contributed by atoms with Crippen molar-refractivity contribution in [3.63, 3.8) is 0 Å². The molecule has 2 aromatic rings. The van der Waals surface area contributed by atoms with Crippen LogP contribution in [0, 0.1) is 12.8 Å². The van der Waals surface area contributed by atoms with Gasteiger partial charge in [0.2, 0.25) is 5.91 Å². The first kappa shape index (κ1) is 13.2. The Kier molecular flexibility index (Phi) is 3.47. The van der Waals surface area contributed by atoms with Crippen LogP contribution in [-0.4, -0.2) is 22.0 Å². The molecule has 20 heavy (non-hydrogen) atoms. The Morgan fingerprint density at radius 1 is 1.45 bits per heavy atom. The summed E-state index contributed by atoms with van der Waals surface area (Å²) in [5.74, 6) is 1.53. The van der Waals surface area contributed by atoms with Crippen molar-refractivity contribution in [2.75, 3.05) is 6.54 Å². The van der Waals surface area contributed by atoms with E-state index in [2.05, 4.69) is 33.1 Å². The molecule has 3 rings (SSSR count). The van der Waals surface area contributed by atoms with Gasteiger partial charge in [0.05, 0.1) is 11.0 Å². The highest BCUT2D eigenvalue weighted by atomic mass is 16.1. The van der Waals surface area contributed by atoms with E-state index in [1.54, 1.807) is 0 Å². The van der Waals surface area contributed by atoms with E-state index in [1.807, 2.05) is 14.0 Å². The van der Waals surface area contributed by atoms with Crippen LogP contribution in [0.4, 0.5) is 0 Å². The van der Waals surface area contributed by atoms with E-state index in [9.17, 15) is 4.79 Å². The smallest absolute Gasteiger partial charge is 0.223 e. The Balaban J connectivity index is 1.61. The van der Waals surface area contributed by atoms with Crippen LogP contribution >= 0.6 is 0 Å². The number of carbonyl (C=O) groups is 1. The van der Waals surface area contributed by atoms with Crippen molar-refractivity contribution in [1.29, 1.82) is 0 Å². The Bertz CT molecular complexity index is 640. The van der Waals surface area contributed by atoms with Crippen LogP contribution < -0.4 is 5.32 Å². The maximum Gasteiger partial charge on any atom is 0.223 e. The molecule has 106 valence electrons. The SMILES string of the molecule is Cc1nc2cc(CCNC(=O)C3CCC3)ccc2n1C. The fourth-order valence-corrected chi connectivity index (χ4v) is 2.67. The largest absolute Gasteiger partial charge is 0.356 e. The first-order valence-corrected chi connectivity index (χ1v) is 7.35. The van der Waals surface area contributed by atoms with Crippen molar-refractivity contribution in [2.24, 2.45) is 13.0 Å². The topological polar surface area (TPSA) is 46.9 Å². The molecule has 1 heterocycles. The highest BCUT2D eigenvalue weighted by Gasteiger charge is 2.24. The number of hydrogen-bond acceptors (Lipinski definition) is 2. The number of hydrogen-bond donors (Lipinski definition) is 1. The number of benzene rings is 1. The lowest BCUT2D eigenvalue weighted by molar-refractivity contribution is -0.127. The zero-order valence-corrected chi connectivity index (χ0v) is 12.1.